The molecule has 0 saturated carbocycles. The second-order valence-electron chi connectivity index (χ2n) is 10.9. The van der Waals surface area contributed by atoms with Crippen LogP contribution >= 0.6 is 0 Å². The minimum Gasteiger partial charge on any atom is -0.444 e. The monoisotopic (exact) mass is 500 g/mol. The van der Waals surface area contributed by atoms with Crippen molar-refractivity contribution in [3.05, 3.63) is 64.2 Å². The van der Waals surface area contributed by atoms with Crippen LogP contribution in [-0.4, -0.2) is 47.0 Å². The van der Waals surface area contributed by atoms with Crippen LogP contribution in [0, 0.1) is 31.1 Å². The van der Waals surface area contributed by atoms with E-state index in [0.717, 1.165) is 53.6 Å². The van der Waals surface area contributed by atoms with Gasteiger partial charge in [0.2, 0.25) is 0 Å². The fourth-order valence-corrected chi connectivity index (χ4v) is 5.08. The van der Waals surface area contributed by atoms with E-state index in [2.05, 4.69) is 27.4 Å². The SMILES string of the molecule is Cc1cc(C(=O)N2C3CCC2CC3)c(C)cc1C#CCNc1ccc(C(=N)NC(=O)OC(C)(C)C)cc1. The van der Waals surface area contributed by atoms with E-state index in [-0.39, 0.29) is 11.7 Å². The number of aryl methyl sites for hydroxylation is 2. The summed E-state index contributed by atoms with van der Waals surface area (Å²) in [6.07, 6.45) is 3.90. The van der Waals surface area contributed by atoms with Crippen molar-refractivity contribution in [1.82, 2.24) is 10.2 Å². The maximum atomic E-state index is 13.2. The first-order valence-electron chi connectivity index (χ1n) is 12.9. The van der Waals surface area contributed by atoms with Gasteiger partial charge in [-0.05, 0) is 108 Å². The Balaban J connectivity index is 1.32. The number of amides is 2. The summed E-state index contributed by atoms with van der Waals surface area (Å²) in [4.78, 5) is 27.2. The molecule has 7 heteroatoms. The van der Waals surface area contributed by atoms with Gasteiger partial charge in [-0.1, -0.05) is 11.8 Å². The standard InChI is InChI=1S/C30H36N4O3/c1-19-18-26(28(35)34-24-12-13-25(34)15-14-24)20(2)17-22(19)7-6-16-32-23-10-8-21(9-11-23)27(31)33-29(36)37-30(3,4)5/h8-11,17-18,24-25,32H,12-16H2,1-5H3,(H2,31,33,36). The van der Waals surface area contributed by atoms with Crippen LogP contribution in [0.5, 0.6) is 0 Å². The number of fused-ring (bicyclic) bond motifs is 2. The fourth-order valence-electron chi connectivity index (χ4n) is 5.08. The number of benzene rings is 2. The van der Waals surface area contributed by atoms with Crippen LogP contribution in [0.25, 0.3) is 0 Å². The summed E-state index contributed by atoms with van der Waals surface area (Å²) in [5.41, 5.74) is 4.51. The van der Waals surface area contributed by atoms with Crippen molar-refractivity contribution in [2.45, 2.75) is 78.0 Å². The molecule has 2 aliphatic heterocycles. The molecule has 2 aliphatic rings. The zero-order valence-corrected chi connectivity index (χ0v) is 22.3. The van der Waals surface area contributed by atoms with Crippen LogP contribution in [-0.2, 0) is 4.74 Å². The lowest BCUT2D eigenvalue weighted by Gasteiger charge is -2.23. The molecule has 2 saturated heterocycles. The summed E-state index contributed by atoms with van der Waals surface area (Å²) in [6.45, 7) is 9.77. The van der Waals surface area contributed by atoms with Gasteiger partial charge in [0, 0.05) is 34.5 Å². The summed E-state index contributed by atoms with van der Waals surface area (Å²) in [7, 11) is 0. The third-order valence-corrected chi connectivity index (χ3v) is 6.89. The predicted molar refractivity (Wildman–Crippen MR) is 146 cm³/mol. The number of anilines is 1. The first kappa shape index (κ1) is 26.3. The molecule has 0 atom stereocenters. The highest BCUT2D eigenvalue weighted by Crippen LogP contribution is 2.38. The lowest BCUT2D eigenvalue weighted by molar-refractivity contribution is 0.0562. The van der Waals surface area contributed by atoms with Crippen LogP contribution < -0.4 is 10.6 Å². The Morgan fingerprint density at radius 1 is 1.03 bits per heavy atom. The van der Waals surface area contributed by atoms with Crippen LogP contribution in [0.15, 0.2) is 36.4 Å². The Bertz CT molecular complexity index is 1240. The Morgan fingerprint density at radius 3 is 2.24 bits per heavy atom. The molecule has 2 heterocycles. The van der Waals surface area contributed by atoms with Crippen LogP contribution in [0.1, 0.15) is 79.1 Å². The molecule has 0 aromatic heterocycles. The Labute approximate surface area is 219 Å². The molecule has 2 aromatic carbocycles. The number of nitrogens with zero attached hydrogens (tertiary/aromatic N) is 1. The van der Waals surface area contributed by atoms with Crippen molar-refractivity contribution in [3.8, 4) is 11.8 Å². The lowest BCUT2D eigenvalue weighted by Crippen LogP contribution is -2.36. The van der Waals surface area contributed by atoms with E-state index < -0.39 is 11.7 Å². The molecule has 194 valence electrons. The Kier molecular flexibility index (Phi) is 7.58. The van der Waals surface area contributed by atoms with Gasteiger partial charge in [0.05, 0.1) is 6.54 Å². The van der Waals surface area contributed by atoms with E-state index in [1.54, 1.807) is 32.9 Å². The molecule has 0 radical (unpaired) electrons. The van der Waals surface area contributed by atoms with Crippen molar-refractivity contribution in [2.24, 2.45) is 0 Å². The zero-order chi connectivity index (χ0) is 26.7. The molecular formula is C30H36N4O3. The van der Waals surface area contributed by atoms with Crippen molar-refractivity contribution >= 4 is 23.5 Å². The fraction of sp³-hybridized carbons (Fsp3) is 0.433. The average molecular weight is 501 g/mol. The quantitative estimate of drug-likeness (QED) is 0.298. The molecule has 7 nitrogen and oxygen atoms in total. The lowest BCUT2D eigenvalue weighted by atomic mass is 9.99. The minimum absolute atomic E-state index is 0.0225. The van der Waals surface area contributed by atoms with E-state index in [1.165, 1.54) is 0 Å². The summed E-state index contributed by atoms with van der Waals surface area (Å²) in [5.74, 6) is 6.53. The zero-order valence-electron chi connectivity index (χ0n) is 22.3. The van der Waals surface area contributed by atoms with Crippen molar-refractivity contribution < 1.29 is 14.3 Å². The highest BCUT2D eigenvalue weighted by Gasteiger charge is 2.42. The summed E-state index contributed by atoms with van der Waals surface area (Å²) >= 11 is 0. The number of alkyl carbamates (subject to hydrolysis) is 1. The van der Waals surface area contributed by atoms with Crippen LogP contribution in [0.3, 0.4) is 0 Å². The van der Waals surface area contributed by atoms with Gasteiger partial charge in [-0.2, -0.15) is 0 Å². The van der Waals surface area contributed by atoms with Crippen LogP contribution in [0.2, 0.25) is 0 Å². The highest BCUT2D eigenvalue weighted by atomic mass is 16.6. The number of hydrogen-bond acceptors (Lipinski definition) is 5. The molecule has 2 fully saturated rings. The molecule has 2 amide bonds. The Morgan fingerprint density at radius 2 is 1.65 bits per heavy atom. The third kappa shape index (κ3) is 6.32. The van der Waals surface area contributed by atoms with Crippen LogP contribution in [0.4, 0.5) is 10.5 Å². The number of carbonyl (C=O) groups is 2. The largest absolute Gasteiger partial charge is 0.444 e. The average Bonchev–Trinajstić information content (AvgIpc) is 3.43. The molecule has 0 unspecified atom stereocenters. The van der Waals surface area contributed by atoms with Crippen molar-refractivity contribution in [3.63, 3.8) is 0 Å². The summed E-state index contributed by atoms with van der Waals surface area (Å²) < 4.78 is 5.19. The minimum atomic E-state index is -0.652. The molecule has 2 bridgehead atoms. The van der Waals surface area contributed by atoms with Gasteiger partial charge < -0.3 is 15.0 Å². The number of rotatable bonds is 4. The first-order valence-corrected chi connectivity index (χ1v) is 12.9. The van der Waals surface area contributed by atoms with Gasteiger partial charge in [0.1, 0.15) is 11.4 Å². The molecule has 2 aromatic rings. The molecular weight excluding hydrogens is 464 g/mol. The number of hydrogen-bond donors (Lipinski definition) is 3. The second kappa shape index (κ2) is 10.7. The smallest absolute Gasteiger partial charge is 0.413 e. The molecule has 37 heavy (non-hydrogen) atoms. The number of nitrogens with one attached hydrogen (secondary N) is 3. The second-order valence-corrected chi connectivity index (χ2v) is 10.9. The van der Waals surface area contributed by atoms with Crippen molar-refractivity contribution in [2.75, 3.05) is 11.9 Å². The van der Waals surface area contributed by atoms with Gasteiger partial charge in [-0.15, -0.1) is 0 Å². The molecule has 0 aliphatic carbocycles. The van der Waals surface area contributed by atoms with E-state index in [0.29, 0.717) is 24.2 Å². The van der Waals surface area contributed by atoms with E-state index >= 15 is 0 Å². The van der Waals surface area contributed by atoms with E-state index in [4.69, 9.17) is 10.1 Å². The maximum Gasteiger partial charge on any atom is 0.413 e. The van der Waals surface area contributed by atoms with E-state index in [1.807, 2.05) is 38.1 Å². The maximum absolute atomic E-state index is 13.2. The normalized spacial score (nSPS) is 18.1. The summed E-state index contributed by atoms with van der Waals surface area (Å²) in [5, 5.41) is 13.8. The Hall–Kier alpha value is -3.79. The highest BCUT2D eigenvalue weighted by molar-refractivity contribution is 6.04. The van der Waals surface area contributed by atoms with Gasteiger partial charge in [0.15, 0.2) is 0 Å². The van der Waals surface area contributed by atoms with Gasteiger partial charge in [0.25, 0.3) is 5.91 Å². The molecule has 0 spiro atoms. The van der Waals surface area contributed by atoms with E-state index in [9.17, 15) is 9.59 Å². The molecule has 4 rings (SSSR count). The third-order valence-electron chi connectivity index (χ3n) is 6.89. The number of carbonyl (C=O) groups excluding carboxylic acids is 2. The predicted octanol–water partition coefficient (Wildman–Crippen LogP) is 5.38. The number of ether oxygens (including phenoxy) is 1. The molecule has 3 N–H and O–H groups in total. The summed E-state index contributed by atoms with van der Waals surface area (Å²) in [6, 6.07) is 12.0. The first-order chi connectivity index (χ1) is 17.5. The topological polar surface area (TPSA) is 94.5 Å². The van der Waals surface area contributed by atoms with Gasteiger partial charge in [-0.25, -0.2) is 4.79 Å². The number of amidine groups is 1. The van der Waals surface area contributed by atoms with Gasteiger partial charge >= 0.3 is 6.09 Å². The van der Waals surface area contributed by atoms with Crippen molar-refractivity contribution in [1.29, 1.82) is 5.41 Å². The van der Waals surface area contributed by atoms with Gasteiger partial charge in [-0.3, -0.25) is 15.5 Å².